The third-order valence-corrected chi connectivity index (χ3v) is 7.11. The number of benzene rings is 1. The number of aromatic nitrogens is 1. The first-order valence-corrected chi connectivity index (χ1v) is 13.2. The molecule has 2 aromatic heterocycles. The van der Waals surface area contributed by atoms with Crippen molar-refractivity contribution in [1.29, 1.82) is 0 Å². The highest BCUT2D eigenvalue weighted by molar-refractivity contribution is 7.14. The van der Waals surface area contributed by atoms with Crippen LogP contribution in [0.1, 0.15) is 11.3 Å². The average Bonchev–Trinajstić information content (AvgIpc) is 3.47. The molecule has 192 valence electrons. The predicted octanol–water partition coefficient (Wildman–Crippen LogP) is 3.00. The zero-order valence-electron chi connectivity index (χ0n) is 20.2. The van der Waals surface area contributed by atoms with Crippen LogP contribution in [0.3, 0.4) is 0 Å². The summed E-state index contributed by atoms with van der Waals surface area (Å²) in [5.41, 5.74) is 1.45. The topological polar surface area (TPSA) is 94.6 Å². The lowest BCUT2D eigenvalue weighted by Gasteiger charge is -2.35. The maximum absolute atomic E-state index is 13.0. The smallest absolute Gasteiger partial charge is 0.244 e. The van der Waals surface area contributed by atoms with E-state index in [1.165, 1.54) is 11.1 Å². The van der Waals surface area contributed by atoms with E-state index in [1.54, 1.807) is 64.9 Å². The zero-order valence-corrected chi connectivity index (χ0v) is 21.8. The number of halogens is 1. The van der Waals surface area contributed by atoms with Crippen LogP contribution in [0.2, 0.25) is 5.02 Å². The molecule has 0 aliphatic carbocycles. The van der Waals surface area contributed by atoms with Gasteiger partial charge in [0.15, 0.2) is 0 Å². The van der Waals surface area contributed by atoms with E-state index < -0.39 is 17.9 Å². The van der Waals surface area contributed by atoms with Crippen LogP contribution in [-0.2, 0) is 20.8 Å². The summed E-state index contributed by atoms with van der Waals surface area (Å²) >= 11 is 7.58. The molecule has 1 saturated heterocycles. The number of thiophene rings is 1. The van der Waals surface area contributed by atoms with Gasteiger partial charge in [-0.05, 0) is 53.4 Å². The van der Waals surface area contributed by atoms with Gasteiger partial charge in [-0.15, -0.1) is 11.3 Å². The van der Waals surface area contributed by atoms with Crippen molar-refractivity contribution in [3.8, 4) is 0 Å². The van der Waals surface area contributed by atoms with E-state index >= 15 is 0 Å². The standard InChI is InChI=1S/C27H28ClN5O3S/c28-21-9-6-20(7-10-21)8-11-24(34)31-23(18-22-4-1-2-12-29-22)27(36)30-19-25(35)32-13-15-33(16-14-32)26-5-3-17-37-26/h1-12,17,23H,13-16,18-19H2,(H,30,36)(H,31,34)/b11-8+. The highest BCUT2D eigenvalue weighted by Crippen LogP contribution is 2.22. The molecule has 8 nitrogen and oxygen atoms in total. The number of anilines is 1. The summed E-state index contributed by atoms with van der Waals surface area (Å²) in [5.74, 6) is -1.02. The van der Waals surface area contributed by atoms with Gasteiger partial charge in [0.05, 0.1) is 11.5 Å². The molecule has 3 amide bonds. The molecule has 37 heavy (non-hydrogen) atoms. The second-order valence-electron chi connectivity index (χ2n) is 8.51. The number of hydrogen-bond acceptors (Lipinski definition) is 6. The van der Waals surface area contributed by atoms with Crippen LogP contribution in [0.5, 0.6) is 0 Å². The SMILES string of the molecule is O=C(/C=C/c1ccc(Cl)cc1)NC(Cc1ccccn1)C(=O)NCC(=O)N1CCN(c2cccs2)CC1. The molecule has 0 saturated carbocycles. The first-order valence-electron chi connectivity index (χ1n) is 12.0. The van der Waals surface area contributed by atoms with Gasteiger partial charge < -0.3 is 20.4 Å². The molecule has 0 radical (unpaired) electrons. The molecular formula is C27H28ClN5O3S. The minimum atomic E-state index is -0.888. The van der Waals surface area contributed by atoms with Gasteiger partial charge in [0.1, 0.15) is 6.04 Å². The van der Waals surface area contributed by atoms with Crippen LogP contribution in [0.4, 0.5) is 5.00 Å². The third-order valence-electron chi connectivity index (χ3n) is 5.93. The van der Waals surface area contributed by atoms with Crippen LogP contribution in [0.15, 0.2) is 72.3 Å². The number of hydrogen-bond donors (Lipinski definition) is 2. The summed E-state index contributed by atoms with van der Waals surface area (Å²) in [7, 11) is 0. The molecule has 0 spiro atoms. The first kappa shape index (κ1) is 26.4. The molecule has 10 heteroatoms. The van der Waals surface area contributed by atoms with Crippen molar-refractivity contribution in [3.63, 3.8) is 0 Å². The monoisotopic (exact) mass is 537 g/mol. The minimum Gasteiger partial charge on any atom is -0.360 e. The number of nitrogens with one attached hydrogen (secondary N) is 2. The molecule has 1 unspecified atom stereocenters. The average molecular weight is 538 g/mol. The summed E-state index contributed by atoms with van der Waals surface area (Å²) in [6.07, 6.45) is 4.83. The summed E-state index contributed by atoms with van der Waals surface area (Å²) in [6.45, 7) is 2.55. The highest BCUT2D eigenvalue weighted by Gasteiger charge is 2.25. The maximum atomic E-state index is 13.0. The van der Waals surface area contributed by atoms with E-state index in [0.29, 0.717) is 23.8 Å². The Hall–Kier alpha value is -3.69. The van der Waals surface area contributed by atoms with E-state index in [4.69, 9.17) is 11.6 Å². The van der Waals surface area contributed by atoms with Crippen LogP contribution in [-0.4, -0.2) is 66.4 Å². The lowest BCUT2D eigenvalue weighted by Crippen LogP contribution is -2.53. The van der Waals surface area contributed by atoms with Gasteiger partial charge in [-0.1, -0.05) is 29.8 Å². The van der Waals surface area contributed by atoms with Gasteiger partial charge in [0.25, 0.3) is 0 Å². The van der Waals surface area contributed by atoms with Crippen molar-refractivity contribution in [2.24, 2.45) is 0 Å². The molecule has 1 atom stereocenters. The Bertz CT molecular complexity index is 1210. The van der Waals surface area contributed by atoms with E-state index in [0.717, 1.165) is 18.7 Å². The van der Waals surface area contributed by atoms with Crippen LogP contribution < -0.4 is 15.5 Å². The lowest BCUT2D eigenvalue weighted by molar-refractivity contribution is -0.134. The number of carbonyl (C=O) groups is 3. The molecule has 1 fully saturated rings. The molecule has 4 rings (SSSR count). The molecule has 1 aliphatic rings. The number of pyridine rings is 1. The normalized spacial score (nSPS) is 14.4. The van der Waals surface area contributed by atoms with E-state index in [1.807, 2.05) is 17.5 Å². The Morgan fingerprint density at radius 3 is 2.49 bits per heavy atom. The van der Waals surface area contributed by atoms with Crippen LogP contribution in [0.25, 0.3) is 6.08 Å². The molecule has 1 aromatic carbocycles. The largest absolute Gasteiger partial charge is 0.360 e. The Morgan fingerprint density at radius 2 is 1.81 bits per heavy atom. The van der Waals surface area contributed by atoms with Crippen molar-refractivity contribution in [2.45, 2.75) is 12.5 Å². The van der Waals surface area contributed by atoms with Gasteiger partial charge in [0, 0.05) is 55.6 Å². The van der Waals surface area contributed by atoms with Crippen molar-refractivity contribution in [3.05, 3.63) is 88.5 Å². The Labute approximate surface area is 224 Å². The Kier molecular flexibility index (Phi) is 9.29. The van der Waals surface area contributed by atoms with Gasteiger partial charge in [-0.25, -0.2) is 0 Å². The van der Waals surface area contributed by atoms with Gasteiger partial charge in [0.2, 0.25) is 17.7 Å². The second-order valence-corrected chi connectivity index (χ2v) is 9.87. The van der Waals surface area contributed by atoms with Crippen LogP contribution in [0, 0.1) is 0 Å². The van der Waals surface area contributed by atoms with E-state index in [-0.39, 0.29) is 18.9 Å². The summed E-state index contributed by atoms with van der Waals surface area (Å²) in [4.78, 5) is 46.7. The molecule has 2 N–H and O–H groups in total. The summed E-state index contributed by atoms with van der Waals surface area (Å²) in [5, 5.41) is 9.27. The number of rotatable bonds is 9. The number of carbonyl (C=O) groups excluding carboxylic acids is 3. The summed E-state index contributed by atoms with van der Waals surface area (Å²) in [6, 6.07) is 15.6. The lowest BCUT2D eigenvalue weighted by atomic mass is 10.1. The van der Waals surface area contributed by atoms with E-state index in [2.05, 4.69) is 26.6 Å². The van der Waals surface area contributed by atoms with Crippen molar-refractivity contribution < 1.29 is 14.4 Å². The van der Waals surface area contributed by atoms with Crippen molar-refractivity contribution in [2.75, 3.05) is 37.6 Å². The highest BCUT2D eigenvalue weighted by atomic mass is 35.5. The number of amides is 3. The fourth-order valence-corrected chi connectivity index (χ4v) is 4.84. The molecule has 1 aliphatic heterocycles. The zero-order chi connectivity index (χ0) is 26.0. The molecular weight excluding hydrogens is 510 g/mol. The fraction of sp³-hybridized carbons (Fsp3) is 0.259. The quantitative estimate of drug-likeness (QED) is 0.409. The number of piperazine rings is 1. The second kappa shape index (κ2) is 13.0. The fourth-order valence-electron chi connectivity index (χ4n) is 3.93. The van der Waals surface area contributed by atoms with Gasteiger partial charge >= 0.3 is 0 Å². The predicted molar refractivity (Wildman–Crippen MR) is 146 cm³/mol. The van der Waals surface area contributed by atoms with Crippen molar-refractivity contribution in [1.82, 2.24) is 20.5 Å². The molecule has 0 bridgehead atoms. The van der Waals surface area contributed by atoms with Crippen LogP contribution >= 0.6 is 22.9 Å². The summed E-state index contributed by atoms with van der Waals surface area (Å²) < 4.78 is 0. The molecule has 3 heterocycles. The third kappa shape index (κ3) is 7.90. The number of nitrogens with zero attached hydrogens (tertiary/aromatic N) is 3. The van der Waals surface area contributed by atoms with Gasteiger partial charge in [-0.2, -0.15) is 0 Å². The first-order chi connectivity index (χ1) is 18.0. The minimum absolute atomic E-state index is 0.132. The maximum Gasteiger partial charge on any atom is 0.244 e. The van der Waals surface area contributed by atoms with Crippen molar-refractivity contribution >= 4 is 51.7 Å². The Balaban J connectivity index is 1.32. The Morgan fingerprint density at radius 1 is 1.03 bits per heavy atom. The van der Waals surface area contributed by atoms with E-state index in [9.17, 15) is 14.4 Å². The molecule has 3 aromatic rings. The van der Waals surface area contributed by atoms with Gasteiger partial charge in [-0.3, -0.25) is 19.4 Å².